The molecule has 1 saturated heterocycles. The summed E-state index contributed by atoms with van der Waals surface area (Å²) in [4.78, 5) is 61.9. The number of halogens is 1. The predicted octanol–water partition coefficient (Wildman–Crippen LogP) is 4.63. The van der Waals surface area contributed by atoms with Gasteiger partial charge in [0.2, 0.25) is 27.7 Å². The maximum absolute atomic E-state index is 14.7. The largest absolute Gasteiger partial charge is 0.494 e. The Kier molecular flexibility index (Phi) is 11.1. The van der Waals surface area contributed by atoms with Crippen molar-refractivity contribution in [3.8, 4) is 11.6 Å². The molecule has 2 aliphatic heterocycles. The van der Waals surface area contributed by atoms with Gasteiger partial charge in [-0.3, -0.25) is 19.1 Å². The first-order valence-corrected chi connectivity index (χ1v) is 20.5. The fraction of sp³-hybridized carbons (Fsp3) is 0.605. The molecule has 54 heavy (non-hydrogen) atoms. The number of pyridine rings is 1. The fourth-order valence-corrected chi connectivity index (χ4v) is 8.99. The normalized spacial score (nSPS) is 29.8. The minimum Gasteiger partial charge on any atom is -0.494 e. The van der Waals surface area contributed by atoms with Gasteiger partial charge in [-0.2, -0.15) is 0 Å². The number of sulfonamides is 1. The maximum Gasteiger partial charge on any atom is 0.408 e. The van der Waals surface area contributed by atoms with Crippen LogP contribution in [0.3, 0.4) is 0 Å². The summed E-state index contributed by atoms with van der Waals surface area (Å²) in [6.07, 6.45) is 7.03. The third kappa shape index (κ3) is 8.56. The topological polar surface area (TPSA) is 182 Å². The molecule has 1 aromatic carbocycles. The van der Waals surface area contributed by atoms with Crippen molar-refractivity contribution in [1.29, 1.82) is 0 Å². The fourth-order valence-electron chi connectivity index (χ4n) is 7.36. The number of amides is 4. The number of nitrogens with zero attached hydrogens (tertiary/aromatic N) is 2. The van der Waals surface area contributed by atoms with Crippen LogP contribution in [-0.2, 0) is 29.1 Å². The highest BCUT2D eigenvalue weighted by molar-refractivity contribution is 7.91. The summed E-state index contributed by atoms with van der Waals surface area (Å²) in [5, 5.41) is 6.60. The van der Waals surface area contributed by atoms with Gasteiger partial charge in [-0.25, -0.2) is 18.2 Å². The number of rotatable bonds is 7. The van der Waals surface area contributed by atoms with Gasteiger partial charge < -0.3 is 29.7 Å². The van der Waals surface area contributed by atoms with Gasteiger partial charge in [0.1, 0.15) is 35.1 Å². The molecule has 0 bridgehead atoms. The Morgan fingerprint density at radius 2 is 1.83 bits per heavy atom. The molecule has 0 spiro atoms. The van der Waals surface area contributed by atoms with Crippen molar-refractivity contribution in [3.63, 3.8) is 0 Å². The average Bonchev–Trinajstić information content (AvgIpc) is 4.02. The Hall–Kier alpha value is -4.11. The predicted molar refractivity (Wildman–Crippen MR) is 201 cm³/mol. The molecule has 1 unspecified atom stereocenters. The van der Waals surface area contributed by atoms with Gasteiger partial charge in [-0.1, -0.05) is 50.1 Å². The number of nitrogens with one attached hydrogen (secondary N) is 3. The molecule has 7 atom stereocenters. The zero-order valence-electron chi connectivity index (χ0n) is 31.5. The SMILES string of the molecule is COc1cnc(O[C@@H]2CC3C(=O)N[C@]4(C(=O)NS(=O)(=O)C5CC5)C[C@H]4/C=C\[C@H](C)CCC[C@@H](C)[C@H](NC(=O)OC(C)(C)C)C(=O)N3C2)c2cccc(Cl)c12. The lowest BCUT2D eigenvalue weighted by atomic mass is 9.92. The highest BCUT2D eigenvalue weighted by atomic mass is 35.5. The first-order valence-electron chi connectivity index (χ1n) is 18.6. The van der Waals surface area contributed by atoms with Gasteiger partial charge in [0, 0.05) is 23.1 Å². The van der Waals surface area contributed by atoms with E-state index in [-0.39, 0.29) is 37.1 Å². The van der Waals surface area contributed by atoms with Crippen molar-refractivity contribution in [3.05, 3.63) is 41.6 Å². The van der Waals surface area contributed by atoms with E-state index in [1.165, 1.54) is 18.2 Å². The van der Waals surface area contributed by atoms with Crippen molar-refractivity contribution in [2.24, 2.45) is 17.8 Å². The maximum atomic E-state index is 14.7. The van der Waals surface area contributed by atoms with Gasteiger partial charge in [0.15, 0.2) is 0 Å². The van der Waals surface area contributed by atoms with Crippen molar-refractivity contribution in [2.45, 2.75) is 114 Å². The summed E-state index contributed by atoms with van der Waals surface area (Å²) >= 11 is 6.54. The molecule has 6 rings (SSSR count). The number of carbonyl (C=O) groups is 4. The van der Waals surface area contributed by atoms with E-state index >= 15 is 0 Å². The highest BCUT2D eigenvalue weighted by Crippen LogP contribution is 2.46. The number of alkyl carbamates (subject to hydrolysis) is 1. The van der Waals surface area contributed by atoms with Crippen LogP contribution < -0.4 is 24.8 Å². The van der Waals surface area contributed by atoms with Crippen LogP contribution in [0.15, 0.2) is 36.5 Å². The Morgan fingerprint density at radius 1 is 1.09 bits per heavy atom. The van der Waals surface area contributed by atoms with Crippen molar-refractivity contribution >= 4 is 56.2 Å². The van der Waals surface area contributed by atoms with E-state index in [2.05, 4.69) is 20.3 Å². The van der Waals surface area contributed by atoms with Crippen LogP contribution in [0, 0.1) is 17.8 Å². The van der Waals surface area contributed by atoms with Crippen LogP contribution in [-0.4, -0.2) is 90.3 Å². The standard InChI is InChI=1S/C38H50ClN5O9S/c1-21-9-7-10-22(2)31(41-36(48)53-37(3,4)5)34(46)44-20-24(52-33-26-11-8-12-27(39)30(26)29(51-6)19-40-33)17-28(44)32(45)42-38(18-23(38)14-13-21)35(47)43-54(49,50)25-15-16-25/h8,11-14,19,21-25,28,31H,7,9-10,15-18,20H2,1-6H3,(H,41,48)(H,42,45)(H,43,47)/b14-13-/t21-,22-,23-,24-,28?,31+,38-/m1/s1. The molecule has 294 valence electrons. The molecule has 4 amide bonds. The summed E-state index contributed by atoms with van der Waals surface area (Å²) in [5.41, 5.74) is -2.36. The van der Waals surface area contributed by atoms with Crippen molar-refractivity contribution < 1.29 is 41.8 Å². The summed E-state index contributed by atoms with van der Waals surface area (Å²) in [6.45, 7) is 9.03. The number of aromatic nitrogens is 1. The van der Waals surface area contributed by atoms with Crippen LogP contribution in [0.25, 0.3) is 10.8 Å². The number of allylic oxidation sites excluding steroid dienone is 1. The van der Waals surface area contributed by atoms with E-state index in [9.17, 15) is 27.6 Å². The lowest BCUT2D eigenvalue weighted by Crippen LogP contribution is -2.59. The zero-order chi connectivity index (χ0) is 39.2. The van der Waals surface area contributed by atoms with Crippen LogP contribution in [0.5, 0.6) is 11.6 Å². The lowest BCUT2D eigenvalue weighted by Gasteiger charge is -2.32. The van der Waals surface area contributed by atoms with E-state index in [0.717, 1.165) is 12.8 Å². The third-order valence-corrected chi connectivity index (χ3v) is 12.7. The van der Waals surface area contributed by atoms with E-state index < -0.39 is 74.3 Å². The summed E-state index contributed by atoms with van der Waals surface area (Å²) in [7, 11) is -2.41. The van der Waals surface area contributed by atoms with Gasteiger partial charge in [-0.05, 0) is 76.8 Å². The highest BCUT2D eigenvalue weighted by Gasteiger charge is 2.62. The Morgan fingerprint density at radius 3 is 2.52 bits per heavy atom. The summed E-state index contributed by atoms with van der Waals surface area (Å²) < 4.78 is 45.4. The van der Waals surface area contributed by atoms with Crippen LogP contribution in [0.2, 0.25) is 5.02 Å². The summed E-state index contributed by atoms with van der Waals surface area (Å²) in [5.74, 6) is -2.01. The third-order valence-electron chi connectivity index (χ3n) is 10.6. The minimum atomic E-state index is -3.91. The second-order valence-corrected chi connectivity index (χ2v) is 18.5. The molecule has 2 saturated carbocycles. The van der Waals surface area contributed by atoms with Gasteiger partial charge in [0.05, 0.1) is 30.1 Å². The van der Waals surface area contributed by atoms with Crippen LogP contribution in [0.1, 0.15) is 79.6 Å². The van der Waals surface area contributed by atoms with E-state index in [0.29, 0.717) is 40.8 Å². The molecule has 2 aliphatic carbocycles. The first kappa shape index (κ1) is 39.6. The number of ether oxygens (including phenoxy) is 3. The number of fused-ring (bicyclic) bond motifs is 3. The molecule has 3 heterocycles. The van der Waals surface area contributed by atoms with Gasteiger partial charge >= 0.3 is 6.09 Å². The molecule has 1 aromatic heterocycles. The van der Waals surface area contributed by atoms with E-state index in [4.69, 9.17) is 25.8 Å². The molecule has 0 radical (unpaired) electrons. The minimum absolute atomic E-state index is 0.0104. The molecule has 16 heteroatoms. The van der Waals surface area contributed by atoms with E-state index in [1.807, 2.05) is 26.0 Å². The Labute approximate surface area is 321 Å². The van der Waals surface area contributed by atoms with Crippen molar-refractivity contribution in [1.82, 2.24) is 25.2 Å². The Balaban J connectivity index is 1.35. The smallest absolute Gasteiger partial charge is 0.408 e. The number of carbonyl (C=O) groups excluding carboxylic acids is 4. The van der Waals surface area contributed by atoms with E-state index in [1.54, 1.807) is 39.0 Å². The second kappa shape index (κ2) is 15.2. The average molecular weight is 788 g/mol. The number of methoxy groups -OCH3 is 1. The molecule has 14 nitrogen and oxygen atoms in total. The molecular weight excluding hydrogens is 738 g/mol. The number of hydrogen-bond donors (Lipinski definition) is 3. The monoisotopic (exact) mass is 787 g/mol. The molecule has 3 fully saturated rings. The molecule has 3 N–H and O–H groups in total. The first-order chi connectivity index (χ1) is 25.4. The van der Waals surface area contributed by atoms with Gasteiger partial charge in [0.25, 0.3) is 5.91 Å². The molecule has 4 aliphatic rings. The molecular formula is C38H50ClN5O9S. The van der Waals surface area contributed by atoms with Crippen molar-refractivity contribution in [2.75, 3.05) is 13.7 Å². The van der Waals surface area contributed by atoms with Crippen LogP contribution in [0.4, 0.5) is 4.79 Å². The Bertz CT molecular complexity index is 1950. The summed E-state index contributed by atoms with van der Waals surface area (Å²) in [6, 6.07) is 3.04. The zero-order valence-corrected chi connectivity index (χ0v) is 33.1. The quantitative estimate of drug-likeness (QED) is 0.335. The van der Waals surface area contributed by atoms with Gasteiger partial charge in [-0.15, -0.1) is 0 Å². The van der Waals surface area contributed by atoms with Crippen LogP contribution >= 0.6 is 11.6 Å². The number of hydrogen-bond acceptors (Lipinski definition) is 10. The molecule has 2 aromatic rings. The second-order valence-electron chi connectivity index (χ2n) is 16.1. The lowest BCUT2D eigenvalue weighted by molar-refractivity contribution is -0.142. The number of benzene rings is 1.